The minimum Gasteiger partial charge on any atom is -0.450 e. The van der Waals surface area contributed by atoms with Gasteiger partial charge in [-0.3, -0.25) is 0 Å². The molecule has 1 heterocycles. The highest BCUT2D eigenvalue weighted by molar-refractivity contribution is 6.76. The highest BCUT2D eigenvalue weighted by Crippen LogP contribution is 2.26. The van der Waals surface area contributed by atoms with Gasteiger partial charge in [0.2, 0.25) is 0 Å². The van der Waals surface area contributed by atoms with Crippen molar-refractivity contribution in [1.29, 1.82) is 0 Å². The summed E-state index contributed by atoms with van der Waals surface area (Å²) < 4.78 is 5.45. The topological polar surface area (TPSA) is 29.5 Å². The second kappa shape index (κ2) is 7.44. The van der Waals surface area contributed by atoms with Crippen molar-refractivity contribution < 1.29 is 9.53 Å². The van der Waals surface area contributed by atoms with Crippen molar-refractivity contribution in [2.75, 3.05) is 19.7 Å². The molecule has 132 valence electrons. The number of rotatable bonds is 4. The van der Waals surface area contributed by atoms with E-state index in [0.29, 0.717) is 13.2 Å². The van der Waals surface area contributed by atoms with Crippen molar-refractivity contribution in [1.82, 2.24) is 4.90 Å². The molecule has 4 heteroatoms. The highest BCUT2D eigenvalue weighted by Gasteiger charge is 2.20. The monoisotopic (exact) mass is 353 g/mol. The molecule has 0 saturated carbocycles. The summed E-state index contributed by atoms with van der Waals surface area (Å²) in [5, 5.41) is 2.52. The molecule has 2 aromatic carbocycles. The number of hydrogen-bond donors (Lipinski definition) is 0. The number of hydrogen-bond acceptors (Lipinski definition) is 2. The zero-order valence-corrected chi connectivity index (χ0v) is 16.4. The summed E-state index contributed by atoms with van der Waals surface area (Å²) >= 11 is 0. The minimum atomic E-state index is -1.16. The molecule has 1 aliphatic rings. The quantitative estimate of drug-likeness (QED) is 0.688. The van der Waals surface area contributed by atoms with Gasteiger partial charge in [0.05, 0.1) is 6.61 Å². The molecule has 3 nitrogen and oxygen atoms in total. The summed E-state index contributed by atoms with van der Waals surface area (Å²) in [5.74, 6) is 0. The third-order valence-electron chi connectivity index (χ3n) is 4.67. The first kappa shape index (κ1) is 17.7. The van der Waals surface area contributed by atoms with Gasteiger partial charge in [-0.05, 0) is 40.4 Å². The molecule has 0 radical (unpaired) electrons. The van der Waals surface area contributed by atoms with Crippen molar-refractivity contribution >= 4 is 30.5 Å². The number of benzene rings is 2. The Kier molecular flexibility index (Phi) is 5.28. The number of amides is 1. The predicted molar refractivity (Wildman–Crippen MR) is 108 cm³/mol. The fourth-order valence-electron chi connectivity index (χ4n) is 3.02. The Labute approximate surface area is 151 Å². The molecule has 0 atom stereocenters. The van der Waals surface area contributed by atoms with Crippen molar-refractivity contribution in [3.8, 4) is 0 Å². The van der Waals surface area contributed by atoms with Gasteiger partial charge in [0, 0.05) is 21.2 Å². The van der Waals surface area contributed by atoms with E-state index in [1.807, 2.05) is 0 Å². The molecular formula is C21H27NO2Si. The second-order valence-electron chi connectivity index (χ2n) is 7.91. The normalized spacial score (nSPS) is 15.2. The predicted octanol–water partition coefficient (Wildman–Crippen LogP) is 5.40. The number of ether oxygens (including phenoxy) is 1. The third kappa shape index (κ3) is 4.72. The molecule has 3 rings (SSSR count). The highest BCUT2D eigenvalue weighted by atomic mass is 28.3. The number of fused-ring (bicyclic) bond motifs is 1. The van der Waals surface area contributed by atoms with Gasteiger partial charge in [0.25, 0.3) is 0 Å². The van der Waals surface area contributed by atoms with Gasteiger partial charge in [0.1, 0.15) is 0 Å². The van der Waals surface area contributed by atoms with Crippen LogP contribution in [-0.4, -0.2) is 38.8 Å². The van der Waals surface area contributed by atoms with E-state index < -0.39 is 8.07 Å². The molecule has 2 aromatic rings. The Morgan fingerprint density at radius 2 is 1.88 bits per heavy atom. The Bertz CT molecular complexity index is 792. The van der Waals surface area contributed by atoms with Crippen LogP contribution in [0.5, 0.6) is 0 Å². The Hall–Kier alpha value is -2.07. The van der Waals surface area contributed by atoms with Crippen LogP contribution < -0.4 is 0 Å². The van der Waals surface area contributed by atoms with E-state index in [0.717, 1.165) is 19.0 Å². The van der Waals surface area contributed by atoms with E-state index in [4.69, 9.17) is 4.74 Å². The molecule has 0 bridgehead atoms. The molecule has 0 aliphatic carbocycles. The number of carbonyl (C=O) groups is 1. The lowest BCUT2D eigenvalue weighted by Gasteiger charge is -2.26. The lowest BCUT2D eigenvalue weighted by atomic mass is 9.97. The molecule has 0 fully saturated rings. The smallest absolute Gasteiger partial charge is 0.410 e. The summed E-state index contributed by atoms with van der Waals surface area (Å²) in [5.41, 5.74) is 2.57. The maximum Gasteiger partial charge on any atom is 0.410 e. The Morgan fingerprint density at radius 1 is 1.12 bits per heavy atom. The molecular weight excluding hydrogens is 326 g/mol. The van der Waals surface area contributed by atoms with Crippen LogP contribution in [0, 0.1) is 0 Å². The Morgan fingerprint density at radius 3 is 2.56 bits per heavy atom. The van der Waals surface area contributed by atoms with Gasteiger partial charge in [-0.25, -0.2) is 4.79 Å². The summed E-state index contributed by atoms with van der Waals surface area (Å²) in [4.78, 5) is 14.0. The van der Waals surface area contributed by atoms with Crippen molar-refractivity contribution in [2.45, 2.75) is 32.1 Å². The second-order valence-corrected chi connectivity index (χ2v) is 13.5. The molecule has 25 heavy (non-hydrogen) atoms. The van der Waals surface area contributed by atoms with E-state index in [-0.39, 0.29) is 6.09 Å². The van der Waals surface area contributed by atoms with Gasteiger partial charge in [-0.1, -0.05) is 62.1 Å². The van der Waals surface area contributed by atoms with Crippen LogP contribution >= 0.6 is 0 Å². The molecule has 1 aliphatic heterocycles. The van der Waals surface area contributed by atoms with Crippen LogP contribution in [0.15, 0.2) is 48.5 Å². The fourth-order valence-corrected chi connectivity index (χ4v) is 3.74. The maximum atomic E-state index is 12.2. The molecule has 0 saturated heterocycles. The average molecular weight is 354 g/mol. The lowest BCUT2D eigenvalue weighted by molar-refractivity contribution is 0.111. The van der Waals surface area contributed by atoms with Crippen LogP contribution in [0.25, 0.3) is 16.3 Å². The summed E-state index contributed by atoms with van der Waals surface area (Å²) in [6, 6.07) is 16.0. The largest absolute Gasteiger partial charge is 0.450 e. The number of nitrogens with zero attached hydrogens (tertiary/aromatic N) is 1. The van der Waals surface area contributed by atoms with Crippen LogP contribution in [0.3, 0.4) is 0 Å². The Balaban J connectivity index is 1.60. The van der Waals surface area contributed by atoms with Gasteiger partial charge in [-0.15, -0.1) is 0 Å². The molecule has 0 unspecified atom stereocenters. The number of carbonyl (C=O) groups excluding carboxylic acids is 1. The third-order valence-corrected chi connectivity index (χ3v) is 6.37. The van der Waals surface area contributed by atoms with E-state index in [1.165, 1.54) is 21.9 Å². The van der Waals surface area contributed by atoms with Gasteiger partial charge in [-0.2, -0.15) is 0 Å². The zero-order valence-electron chi connectivity index (χ0n) is 15.4. The van der Waals surface area contributed by atoms with E-state index >= 15 is 0 Å². The van der Waals surface area contributed by atoms with Crippen molar-refractivity contribution in [3.63, 3.8) is 0 Å². The molecule has 0 aromatic heterocycles. The fraction of sp³-hybridized carbons (Fsp3) is 0.381. The molecule has 0 N–H and O–H groups in total. The minimum absolute atomic E-state index is 0.174. The van der Waals surface area contributed by atoms with Crippen LogP contribution in [0.1, 0.15) is 12.0 Å². The molecule has 0 spiro atoms. The summed E-state index contributed by atoms with van der Waals surface area (Å²) in [6.45, 7) is 8.78. The van der Waals surface area contributed by atoms with E-state index in [2.05, 4.69) is 68.2 Å². The van der Waals surface area contributed by atoms with Gasteiger partial charge < -0.3 is 9.64 Å². The first-order valence-electron chi connectivity index (χ1n) is 9.02. The van der Waals surface area contributed by atoms with Crippen molar-refractivity contribution in [2.24, 2.45) is 0 Å². The lowest BCUT2D eigenvalue weighted by Crippen LogP contribution is -2.36. The average Bonchev–Trinajstić information content (AvgIpc) is 2.60. The van der Waals surface area contributed by atoms with Crippen LogP contribution in [-0.2, 0) is 4.74 Å². The maximum absolute atomic E-state index is 12.2. The van der Waals surface area contributed by atoms with Crippen LogP contribution in [0.4, 0.5) is 4.79 Å². The van der Waals surface area contributed by atoms with E-state index in [1.54, 1.807) is 4.90 Å². The van der Waals surface area contributed by atoms with Gasteiger partial charge >= 0.3 is 6.09 Å². The molecule has 1 amide bonds. The van der Waals surface area contributed by atoms with Crippen molar-refractivity contribution in [3.05, 3.63) is 54.1 Å². The first-order valence-corrected chi connectivity index (χ1v) is 12.7. The van der Waals surface area contributed by atoms with E-state index in [9.17, 15) is 4.79 Å². The summed E-state index contributed by atoms with van der Waals surface area (Å²) in [6.07, 6.45) is 2.86. The SMILES string of the molecule is C[Si](C)(C)CCOC(=O)N1CC=C(c2ccc3ccccc3c2)CC1. The van der Waals surface area contributed by atoms with Gasteiger partial charge in [0.15, 0.2) is 0 Å². The zero-order chi connectivity index (χ0) is 17.9. The van der Waals surface area contributed by atoms with Crippen LogP contribution in [0.2, 0.25) is 25.7 Å². The summed E-state index contributed by atoms with van der Waals surface area (Å²) in [7, 11) is -1.16. The first-order chi connectivity index (χ1) is 11.9. The standard InChI is InChI=1S/C21H27NO2Si/c1-25(2,3)15-14-24-21(23)22-12-10-18(11-13-22)20-9-8-17-6-4-5-7-19(17)16-20/h4-10,16H,11-15H2,1-3H3.